The molecule has 1 aromatic carbocycles. The van der Waals surface area contributed by atoms with E-state index in [-0.39, 0.29) is 0 Å². The van der Waals surface area contributed by atoms with E-state index >= 15 is 0 Å². The zero-order chi connectivity index (χ0) is 10.8. The van der Waals surface area contributed by atoms with Gasteiger partial charge in [0, 0.05) is 17.8 Å². The summed E-state index contributed by atoms with van der Waals surface area (Å²) in [5.74, 6) is -1.27. The van der Waals surface area contributed by atoms with Gasteiger partial charge in [0.05, 0.1) is 5.92 Å². The van der Waals surface area contributed by atoms with Gasteiger partial charge in [-0.3, -0.25) is 9.78 Å². The number of aliphatic carboxylic acids is 1. The van der Waals surface area contributed by atoms with Crippen molar-refractivity contribution < 1.29 is 9.90 Å². The number of carbonyl (C=O) groups is 1. The second-order valence-corrected chi connectivity index (χ2v) is 3.54. The van der Waals surface area contributed by atoms with Crippen LogP contribution < -0.4 is 0 Å². The molecular weight excluding hydrogens is 190 g/mol. The molecule has 0 aliphatic heterocycles. The lowest BCUT2D eigenvalue weighted by atomic mass is 9.99. The Morgan fingerprint density at radius 2 is 2.13 bits per heavy atom. The van der Waals surface area contributed by atoms with E-state index < -0.39 is 11.9 Å². The molecule has 3 nitrogen and oxygen atoms in total. The lowest BCUT2D eigenvalue weighted by molar-refractivity contribution is -0.138. The number of carboxylic acids is 1. The Morgan fingerprint density at radius 1 is 1.33 bits per heavy atom. The number of fused-ring (bicyclic) bond motifs is 1. The first-order valence-electron chi connectivity index (χ1n) is 4.75. The van der Waals surface area contributed by atoms with Crippen molar-refractivity contribution in [3.63, 3.8) is 0 Å². The van der Waals surface area contributed by atoms with E-state index in [1.54, 1.807) is 19.3 Å². The fourth-order valence-electron chi connectivity index (χ4n) is 1.51. The van der Waals surface area contributed by atoms with Crippen LogP contribution in [0.4, 0.5) is 0 Å². The van der Waals surface area contributed by atoms with Gasteiger partial charge in [0.2, 0.25) is 0 Å². The molecular formula is C12H11NO2. The summed E-state index contributed by atoms with van der Waals surface area (Å²) in [6.07, 6.45) is 3.47. The van der Waals surface area contributed by atoms with E-state index in [9.17, 15) is 4.79 Å². The van der Waals surface area contributed by atoms with Crippen molar-refractivity contribution in [3.05, 3.63) is 42.2 Å². The van der Waals surface area contributed by atoms with E-state index in [0.717, 1.165) is 16.3 Å². The fraction of sp³-hybridized carbons (Fsp3) is 0.167. The third-order valence-electron chi connectivity index (χ3n) is 2.54. The van der Waals surface area contributed by atoms with Crippen LogP contribution >= 0.6 is 0 Å². The summed E-state index contributed by atoms with van der Waals surface area (Å²) in [7, 11) is 0. The highest BCUT2D eigenvalue weighted by Crippen LogP contribution is 2.20. The van der Waals surface area contributed by atoms with Crippen molar-refractivity contribution in [2.45, 2.75) is 12.8 Å². The van der Waals surface area contributed by atoms with Gasteiger partial charge in [0.25, 0.3) is 0 Å². The smallest absolute Gasteiger partial charge is 0.310 e. The highest BCUT2D eigenvalue weighted by atomic mass is 16.4. The third-order valence-corrected chi connectivity index (χ3v) is 2.54. The molecule has 1 aromatic heterocycles. The molecule has 2 aromatic rings. The molecule has 0 bridgehead atoms. The SMILES string of the molecule is C[C@H](C(=O)O)c1ccc2cnccc2c1. The van der Waals surface area contributed by atoms with Crippen molar-refractivity contribution >= 4 is 16.7 Å². The minimum Gasteiger partial charge on any atom is -0.481 e. The van der Waals surface area contributed by atoms with Crippen LogP contribution in [-0.2, 0) is 4.79 Å². The molecule has 76 valence electrons. The zero-order valence-corrected chi connectivity index (χ0v) is 8.34. The Hall–Kier alpha value is -1.90. The van der Waals surface area contributed by atoms with E-state index in [1.165, 1.54) is 0 Å². The monoisotopic (exact) mass is 201 g/mol. The van der Waals surface area contributed by atoms with Gasteiger partial charge in [-0.25, -0.2) is 0 Å². The van der Waals surface area contributed by atoms with Crippen LogP contribution in [0.5, 0.6) is 0 Å². The van der Waals surface area contributed by atoms with Crippen LogP contribution in [0.15, 0.2) is 36.7 Å². The number of benzene rings is 1. The first-order valence-corrected chi connectivity index (χ1v) is 4.75. The molecule has 0 spiro atoms. The van der Waals surface area contributed by atoms with Crippen LogP contribution in [0, 0.1) is 0 Å². The Bertz CT molecular complexity index is 508. The second kappa shape index (κ2) is 3.69. The Morgan fingerprint density at radius 3 is 2.87 bits per heavy atom. The molecule has 0 aliphatic rings. The summed E-state index contributed by atoms with van der Waals surface area (Å²) in [5, 5.41) is 10.9. The number of carboxylic acid groups (broad SMARTS) is 1. The van der Waals surface area contributed by atoms with Crippen molar-refractivity contribution in [2.24, 2.45) is 0 Å². The molecule has 0 saturated carbocycles. The molecule has 3 heteroatoms. The summed E-state index contributed by atoms with van der Waals surface area (Å²) in [4.78, 5) is 14.8. The molecule has 1 heterocycles. The Kier molecular flexibility index (Phi) is 2.37. The van der Waals surface area contributed by atoms with Gasteiger partial charge in [-0.2, -0.15) is 0 Å². The lowest BCUT2D eigenvalue weighted by Crippen LogP contribution is -2.06. The number of nitrogens with zero attached hydrogens (tertiary/aromatic N) is 1. The van der Waals surface area contributed by atoms with Crippen molar-refractivity contribution in [3.8, 4) is 0 Å². The van der Waals surface area contributed by atoms with E-state index in [1.807, 2.05) is 24.3 Å². The second-order valence-electron chi connectivity index (χ2n) is 3.54. The maximum absolute atomic E-state index is 10.8. The summed E-state index contributed by atoms with van der Waals surface area (Å²) < 4.78 is 0. The maximum atomic E-state index is 10.8. The minimum atomic E-state index is -0.802. The Balaban J connectivity index is 2.51. The van der Waals surface area contributed by atoms with Gasteiger partial charge in [-0.1, -0.05) is 18.2 Å². The molecule has 0 saturated heterocycles. The molecule has 2 rings (SSSR count). The highest BCUT2D eigenvalue weighted by molar-refractivity contribution is 5.84. The van der Waals surface area contributed by atoms with Gasteiger partial charge in [0.15, 0.2) is 0 Å². The van der Waals surface area contributed by atoms with Crippen LogP contribution in [0.25, 0.3) is 10.8 Å². The predicted molar refractivity (Wildman–Crippen MR) is 57.8 cm³/mol. The molecule has 1 atom stereocenters. The molecule has 0 fully saturated rings. The fourth-order valence-corrected chi connectivity index (χ4v) is 1.51. The molecule has 15 heavy (non-hydrogen) atoms. The third kappa shape index (κ3) is 1.81. The van der Waals surface area contributed by atoms with Crippen LogP contribution in [-0.4, -0.2) is 16.1 Å². The standard InChI is InChI=1S/C12H11NO2/c1-8(12(14)15)9-2-3-11-7-13-5-4-10(11)6-9/h2-8H,1H3,(H,14,15)/t8-/m0/s1. The molecule has 0 aliphatic carbocycles. The van der Waals surface area contributed by atoms with E-state index in [4.69, 9.17) is 5.11 Å². The van der Waals surface area contributed by atoms with Gasteiger partial charge in [-0.15, -0.1) is 0 Å². The molecule has 0 radical (unpaired) electrons. The number of hydrogen-bond donors (Lipinski definition) is 1. The largest absolute Gasteiger partial charge is 0.481 e. The molecule has 0 amide bonds. The van der Waals surface area contributed by atoms with Crippen molar-refractivity contribution in [2.75, 3.05) is 0 Å². The number of aromatic nitrogens is 1. The topological polar surface area (TPSA) is 50.2 Å². The lowest BCUT2D eigenvalue weighted by Gasteiger charge is -2.07. The van der Waals surface area contributed by atoms with Crippen molar-refractivity contribution in [1.29, 1.82) is 0 Å². The molecule has 0 unspecified atom stereocenters. The summed E-state index contributed by atoms with van der Waals surface area (Å²) >= 11 is 0. The summed E-state index contributed by atoms with van der Waals surface area (Å²) in [6.45, 7) is 1.69. The summed E-state index contributed by atoms with van der Waals surface area (Å²) in [5.41, 5.74) is 0.821. The van der Waals surface area contributed by atoms with Crippen LogP contribution in [0.1, 0.15) is 18.4 Å². The predicted octanol–water partition coefficient (Wildman–Crippen LogP) is 2.42. The number of rotatable bonds is 2. The average Bonchev–Trinajstić information content (AvgIpc) is 2.27. The highest BCUT2D eigenvalue weighted by Gasteiger charge is 2.13. The molecule has 1 N–H and O–H groups in total. The summed E-state index contributed by atoms with van der Waals surface area (Å²) in [6, 6.07) is 7.52. The van der Waals surface area contributed by atoms with Crippen LogP contribution in [0.2, 0.25) is 0 Å². The first-order chi connectivity index (χ1) is 7.18. The maximum Gasteiger partial charge on any atom is 0.310 e. The quantitative estimate of drug-likeness (QED) is 0.811. The van der Waals surface area contributed by atoms with Gasteiger partial charge in [-0.05, 0) is 23.9 Å². The van der Waals surface area contributed by atoms with Crippen molar-refractivity contribution in [1.82, 2.24) is 4.98 Å². The van der Waals surface area contributed by atoms with E-state index in [2.05, 4.69) is 4.98 Å². The minimum absolute atomic E-state index is 0.470. The van der Waals surface area contributed by atoms with Gasteiger partial charge in [0.1, 0.15) is 0 Å². The first kappa shape index (κ1) is 9.65. The normalized spacial score (nSPS) is 12.6. The van der Waals surface area contributed by atoms with Gasteiger partial charge >= 0.3 is 5.97 Å². The zero-order valence-electron chi connectivity index (χ0n) is 8.34. The number of pyridine rings is 1. The van der Waals surface area contributed by atoms with E-state index in [0.29, 0.717) is 0 Å². The number of hydrogen-bond acceptors (Lipinski definition) is 2. The average molecular weight is 201 g/mol. The Labute approximate surface area is 87.4 Å². The van der Waals surface area contributed by atoms with Gasteiger partial charge < -0.3 is 5.11 Å². The van der Waals surface area contributed by atoms with Crippen LogP contribution in [0.3, 0.4) is 0 Å².